The maximum absolute atomic E-state index is 11.9. The highest BCUT2D eigenvalue weighted by molar-refractivity contribution is 14.1. The van der Waals surface area contributed by atoms with E-state index in [1.54, 1.807) is 0 Å². The van der Waals surface area contributed by atoms with Gasteiger partial charge in [0.15, 0.2) is 0 Å². The molecule has 2 nitrogen and oxygen atoms in total. The maximum Gasteiger partial charge on any atom is 0.315 e. The van der Waals surface area contributed by atoms with E-state index in [1.165, 1.54) is 3.57 Å². The van der Waals surface area contributed by atoms with Gasteiger partial charge < -0.3 is 4.74 Å². The Labute approximate surface area is 111 Å². The van der Waals surface area contributed by atoms with E-state index in [-0.39, 0.29) is 5.97 Å². The van der Waals surface area contributed by atoms with Gasteiger partial charge in [0, 0.05) is 3.57 Å². The van der Waals surface area contributed by atoms with Gasteiger partial charge in [0.05, 0.1) is 12.0 Å². The summed E-state index contributed by atoms with van der Waals surface area (Å²) in [6.45, 7) is 8.08. The Morgan fingerprint density at radius 3 is 2.56 bits per heavy atom. The van der Waals surface area contributed by atoms with Crippen LogP contribution in [0.3, 0.4) is 0 Å². The first kappa shape index (κ1) is 13.5. The molecule has 88 valence electrons. The predicted molar refractivity (Wildman–Crippen MR) is 73.6 cm³/mol. The third-order valence-corrected chi connectivity index (χ3v) is 3.32. The Hall–Kier alpha value is -0.580. The Morgan fingerprint density at radius 1 is 1.44 bits per heavy atom. The normalized spacial score (nSPS) is 11.3. The molecule has 0 aliphatic rings. The molecule has 16 heavy (non-hydrogen) atoms. The van der Waals surface area contributed by atoms with Crippen molar-refractivity contribution >= 4 is 28.6 Å². The molecule has 1 rings (SSSR count). The lowest BCUT2D eigenvalue weighted by Crippen LogP contribution is -2.31. The fourth-order valence-corrected chi connectivity index (χ4v) is 2.40. The summed E-state index contributed by atoms with van der Waals surface area (Å²) in [5, 5.41) is 0. The van der Waals surface area contributed by atoms with Gasteiger partial charge in [-0.2, -0.15) is 0 Å². The van der Waals surface area contributed by atoms with E-state index in [1.807, 2.05) is 39.8 Å². The molecule has 0 saturated heterocycles. The summed E-state index contributed by atoms with van der Waals surface area (Å²) in [4.78, 5) is 11.9. The monoisotopic (exact) mass is 332 g/mol. The molecule has 1 aromatic rings. The fraction of sp³-hybridized carbons (Fsp3) is 0.462. The van der Waals surface area contributed by atoms with E-state index in [9.17, 15) is 4.79 Å². The number of carbonyl (C=O) groups excluding carboxylic acids is 1. The van der Waals surface area contributed by atoms with Crippen LogP contribution in [0.25, 0.3) is 0 Å². The molecule has 0 aliphatic heterocycles. The van der Waals surface area contributed by atoms with Crippen molar-refractivity contribution in [1.29, 1.82) is 0 Å². The van der Waals surface area contributed by atoms with Crippen LogP contribution in [0.2, 0.25) is 0 Å². The van der Waals surface area contributed by atoms with Crippen molar-refractivity contribution in [2.45, 2.75) is 33.1 Å². The third kappa shape index (κ3) is 2.75. The van der Waals surface area contributed by atoms with Crippen LogP contribution in [0.15, 0.2) is 18.2 Å². The van der Waals surface area contributed by atoms with Crippen molar-refractivity contribution in [2.75, 3.05) is 6.61 Å². The van der Waals surface area contributed by atoms with Gasteiger partial charge in [-0.1, -0.05) is 6.07 Å². The highest BCUT2D eigenvalue weighted by Crippen LogP contribution is 2.28. The molecular weight excluding hydrogens is 315 g/mol. The Kier molecular flexibility index (Phi) is 4.35. The highest BCUT2D eigenvalue weighted by Gasteiger charge is 2.32. The number of ether oxygens (including phenoxy) is 1. The van der Waals surface area contributed by atoms with Crippen LogP contribution in [0.1, 0.15) is 31.9 Å². The number of hydrogen-bond donors (Lipinski definition) is 0. The quantitative estimate of drug-likeness (QED) is 0.626. The van der Waals surface area contributed by atoms with Crippen LogP contribution < -0.4 is 0 Å². The minimum atomic E-state index is -0.579. The van der Waals surface area contributed by atoms with Crippen molar-refractivity contribution in [2.24, 2.45) is 0 Å². The number of rotatable bonds is 3. The van der Waals surface area contributed by atoms with Crippen LogP contribution in [0.5, 0.6) is 0 Å². The van der Waals surface area contributed by atoms with Crippen LogP contribution in [0.4, 0.5) is 0 Å². The Bertz CT molecular complexity index is 397. The predicted octanol–water partition coefficient (Wildman–Crippen LogP) is 3.44. The van der Waals surface area contributed by atoms with E-state index in [0.717, 1.165) is 11.1 Å². The number of hydrogen-bond acceptors (Lipinski definition) is 2. The van der Waals surface area contributed by atoms with E-state index < -0.39 is 5.41 Å². The third-order valence-electron chi connectivity index (χ3n) is 2.65. The zero-order valence-electron chi connectivity index (χ0n) is 10.1. The second-order valence-corrected chi connectivity index (χ2v) is 5.55. The largest absolute Gasteiger partial charge is 0.465 e. The Balaban J connectivity index is 3.11. The number of aryl methyl sites for hydroxylation is 1. The van der Waals surface area contributed by atoms with Gasteiger partial charge >= 0.3 is 5.97 Å². The summed E-state index contributed by atoms with van der Waals surface area (Å²) < 4.78 is 6.28. The van der Waals surface area contributed by atoms with Crippen molar-refractivity contribution in [1.82, 2.24) is 0 Å². The second kappa shape index (κ2) is 5.17. The number of esters is 1. The van der Waals surface area contributed by atoms with Crippen LogP contribution >= 0.6 is 22.6 Å². The molecule has 0 radical (unpaired) electrons. The maximum atomic E-state index is 11.9. The summed E-state index contributed by atoms with van der Waals surface area (Å²) in [5.74, 6) is -0.167. The van der Waals surface area contributed by atoms with Gasteiger partial charge in [0.25, 0.3) is 0 Å². The molecule has 0 aromatic heterocycles. The van der Waals surface area contributed by atoms with Crippen molar-refractivity contribution in [3.05, 3.63) is 32.9 Å². The zero-order chi connectivity index (χ0) is 12.3. The smallest absolute Gasteiger partial charge is 0.315 e. The lowest BCUT2D eigenvalue weighted by Gasteiger charge is -2.24. The minimum absolute atomic E-state index is 0.167. The fourth-order valence-electron chi connectivity index (χ4n) is 1.75. The number of halogens is 1. The van der Waals surface area contributed by atoms with Gasteiger partial charge in [-0.3, -0.25) is 4.79 Å². The first-order valence-corrected chi connectivity index (χ1v) is 6.41. The first-order valence-electron chi connectivity index (χ1n) is 5.33. The van der Waals surface area contributed by atoms with Crippen molar-refractivity contribution < 1.29 is 9.53 Å². The van der Waals surface area contributed by atoms with E-state index >= 15 is 0 Å². The first-order chi connectivity index (χ1) is 7.39. The summed E-state index contributed by atoms with van der Waals surface area (Å²) in [5.41, 5.74) is 1.58. The van der Waals surface area contributed by atoms with Gasteiger partial charge in [-0.15, -0.1) is 0 Å². The second-order valence-electron chi connectivity index (χ2n) is 4.30. The molecule has 0 heterocycles. The lowest BCUT2D eigenvalue weighted by atomic mass is 9.82. The minimum Gasteiger partial charge on any atom is -0.465 e. The topological polar surface area (TPSA) is 26.3 Å². The van der Waals surface area contributed by atoms with Gasteiger partial charge in [-0.05, 0) is 73.5 Å². The summed E-state index contributed by atoms with van der Waals surface area (Å²) in [6, 6.07) is 6.11. The molecule has 1 aromatic carbocycles. The van der Waals surface area contributed by atoms with Gasteiger partial charge in [0.1, 0.15) is 0 Å². The van der Waals surface area contributed by atoms with E-state index in [4.69, 9.17) is 4.74 Å². The number of benzene rings is 1. The molecule has 0 amide bonds. The van der Waals surface area contributed by atoms with Crippen molar-refractivity contribution in [3.63, 3.8) is 0 Å². The molecule has 0 spiro atoms. The van der Waals surface area contributed by atoms with E-state index in [2.05, 4.69) is 28.7 Å². The van der Waals surface area contributed by atoms with Crippen LogP contribution in [-0.4, -0.2) is 12.6 Å². The average molecular weight is 332 g/mol. The van der Waals surface area contributed by atoms with Crippen LogP contribution in [0, 0.1) is 10.5 Å². The highest BCUT2D eigenvalue weighted by atomic mass is 127. The standard InChI is InChI=1S/C13H17IO2/c1-5-16-12(15)13(3,4)11-7-6-10(14)8-9(11)2/h6-8H,5H2,1-4H3. The molecule has 0 aliphatic carbocycles. The average Bonchev–Trinajstić information content (AvgIpc) is 2.17. The Morgan fingerprint density at radius 2 is 2.06 bits per heavy atom. The summed E-state index contributed by atoms with van der Waals surface area (Å²) in [6.07, 6.45) is 0. The molecule has 0 unspecified atom stereocenters. The molecule has 0 saturated carbocycles. The molecule has 0 bridgehead atoms. The van der Waals surface area contributed by atoms with Crippen molar-refractivity contribution in [3.8, 4) is 0 Å². The van der Waals surface area contributed by atoms with E-state index in [0.29, 0.717) is 6.61 Å². The molecule has 0 fully saturated rings. The SMILES string of the molecule is CCOC(=O)C(C)(C)c1ccc(I)cc1C. The van der Waals surface area contributed by atoms with Gasteiger partial charge in [0.2, 0.25) is 0 Å². The summed E-state index contributed by atoms with van der Waals surface area (Å²) in [7, 11) is 0. The zero-order valence-corrected chi connectivity index (χ0v) is 12.3. The molecule has 3 heteroatoms. The lowest BCUT2D eigenvalue weighted by molar-refractivity contribution is -0.148. The number of carbonyl (C=O) groups is 1. The molecule has 0 N–H and O–H groups in total. The molecule has 0 atom stereocenters. The summed E-state index contributed by atoms with van der Waals surface area (Å²) >= 11 is 2.27. The molecular formula is C13H17IO2. The van der Waals surface area contributed by atoms with Crippen LogP contribution in [-0.2, 0) is 14.9 Å². The van der Waals surface area contributed by atoms with Gasteiger partial charge in [-0.25, -0.2) is 0 Å².